The average Bonchev–Trinajstić information content (AvgIpc) is 2.55. The lowest BCUT2D eigenvalue weighted by Gasteiger charge is -2.16. The predicted octanol–water partition coefficient (Wildman–Crippen LogP) is 2.65. The van der Waals surface area contributed by atoms with Crippen molar-refractivity contribution in [2.45, 2.75) is 17.9 Å². The van der Waals surface area contributed by atoms with Gasteiger partial charge in [0.25, 0.3) is 0 Å². The average molecular weight is 369 g/mol. The number of carbonyl (C=O) groups excluding carboxylic acids is 1. The largest absolute Gasteiger partial charge is 0.495 e. The number of nitrogens with one attached hydrogen (secondary N) is 2. The fraction of sp³-hybridized carbons (Fsp3) is 0.188. The predicted molar refractivity (Wildman–Crippen MR) is 92.9 cm³/mol. The smallest absolute Gasteiger partial charge is 0.242 e. The number of amides is 1. The molecule has 0 aliphatic carbocycles. The van der Waals surface area contributed by atoms with E-state index >= 15 is 0 Å². The lowest BCUT2D eigenvalue weighted by Crippen LogP contribution is -2.41. The minimum Gasteiger partial charge on any atom is -0.495 e. The van der Waals surface area contributed by atoms with E-state index in [0.29, 0.717) is 16.5 Å². The second-order valence-corrected chi connectivity index (χ2v) is 7.14. The molecule has 2 N–H and O–H groups in total. The first-order chi connectivity index (χ1) is 11.3. The Morgan fingerprint density at radius 2 is 1.83 bits per heavy atom. The summed E-state index contributed by atoms with van der Waals surface area (Å²) in [7, 11) is -2.33. The molecular formula is C16H17ClN2O4S. The third-order valence-corrected chi connectivity index (χ3v) is 4.99. The van der Waals surface area contributed by atoms with Crippen molar-refractivity contribution in [3.63, 3.8) is 0 Å². The minimum absolute atomic E-state index is 0.0880. The molecule has 0 radical (unpaired) electrons. The normalized spacial score (nSPS) is 12.5. The third kappa shape index (κ3) is 4.47. The lowest BCUT2D eigenvalue weighted by molar-refractivity contribution is -0.117. The Balaban J connectivity index is 2.12. The quantitative estimate of drug-likeness (QED) is 0.820. The van der Waals surface area contributed by atoms with E-state index < -0.39 is 22.0 Å². The summed E-state index contributed by atoms with van der Waals surface area (Å²) in [5.41, 5.74) is 0.362. The first-order valence-electron chi connectivity index (χ1n) is 7.05. The van der Waals surface area contributed by atoms with Gasteiger partial charge in [0, 0.05) is 5.02 Å². The van der Waals surface area contributed by atoms with Crippen LogP contribution >= 0.6 is 11.6 Å². The van der Waals surface area contributed by atoms with Crippen LogP contribution in [0.5, 0.6) is 5.75 Å². The van der Waals surface area contributed by atoms with Gasteiger partial charge in [0.2, 0.25) is 15.9 Å². The number of rotatable bonds is 6. The van der Waals surface area contributed by atoms with Crippen LogP contribution in [0.3, 0.4) is 0 Å². The molecular weight excluding hydrogens is 352 g/mol. The standard InChI is InChI=1S/C16H17ClN2O4S/c1-11(19-24(21,22)13-6-4-3-5-7-13)16(20)18-14-10-12(17)8-9-15(14)23-2/h3-11,19H,1-2H3,(H,18,20). The van der Waals surface area contributed by atoms with E-state index in [1.807, 2.05) is 0 Å². The van der Waals surface area contributed by atoms with Gasteiger partial charge in [0.05, 0.1) is 23.7 Å². The van der Waals surface area contributed by atoms with Crippen LogP contribution in [-0.4, -0.2) is 27.5 Å². The van der Waals surface area contributed by atoms with E-state index in [1.54, 1.807) is 30.3 Å². The van der Waals surface area contributed by atoms with Crippen molar-refractivity contribution in [3.8, 4) is 5.75 Å². The Kier molecular flexibility index (Phi) is 5.82. The van der Waals surface area contributed by atoms with Gasteiger partial charge in [0.1, 0.15) is 5.75 Å². The number of hydrogen-bond acceptors (Lipinski definition) is 4. The minimum atomic E-state index is -3.79. The monoisotopic (exact) mass is 368 g/mol. The van der Waals surface area contributed by atoms with E-state index in [2.05, 4.69) is 10.0 Å². The van der Waals surface area contributed by atoms with Gasteiger partial charge in [-0.25, -0.2) is 8.42 Å². The molecule has 2 aromatic carbocycles. The molecule has 1 amide bonds. The van der Waals surface area contributed by atoms with Crippen LogP contribution in [0.15, 0.2) is 53.4 Å². The van der Waals surface area contributed by atoms with Crippen LogP contribution in [0.1, 0.15) is 6.92 Å². The summed E-state index contributed by atoms with van der Waals surface area (Å²) in [6.07, 6.45) is 0. The zero-order valence-electron chi connectivity index (χ0n) is 13.1. The van der Waals surface area contributed by atoms with Crippen molar-refractivity contribution >= 4 is 33.2 Å². The number of ether oxygens (including phenoxy) is 1. The van der Waals surface area contributed by atoms with E-state index in [1.165, 1.54) is 32.2 Å². The van der Waals surface area contributed by atoms with Gasteiger partial charge in [0.15, 0.2) is 0 Å². The highest BCUT2D eigenvalue weighted by molar-refractivity contribution is 7.89. The maximum absolute atomic E-state index is 12.3. The van der Waals surface area contributed by atoms with Crippen molar-refractivity contribution in [2.75, 3.05) is 12.4 Å². The molecule has 8 heteroatoms. The van der Waals surface area contributed by atoms with Crippen LogP contribution in [-0.2, 0) is 14.8 Å². The Morgan fingerprint density at radius 1 is 1.17 bits per heavy atom. The summed E-state index contributed by atoms with van der Waals surface area (Å²) >= 11 is 5.90. The molecule has 1 atom stereocenters. The molecule has 0 aliphatic heterocycles. The second-order valence-electron chi connectivity index (χ2n) is 4.99. The van der Waals surface area contributed by atoms with Crippen LogP contribution in [0.2, 0.25) is 5.02 Å². The number of anilines is 1. The van der Waals surface area contributed by atoms with Crippen LogP contribution in [0.25, 0.3) is 0 Å². The molecule has 0 fully saturated rings. The maximum atomic E-state index is 12.3. The Hall–Kier alpha value is -2.09. The molecule has 0 bridgehead atoms. The number of sulfonamides is 1. The van der Waals surface area contributed by atoms with Gasteiger partial charge < -0.3 is 10.1 Å². The van der Waals surface area contributed by atoms with Gasteiger partial charge in [-0.15, -0.1) is 0 Å². The third-order valence-electron chi connectivity index (χ3n) is 3.20. The van der Waals surface area contributed by atoms with E-state index in [4.69, 9.17) is 16.3 Å². The fourth-order valence-corrected chi connectivity index (χ4v) is 3.37. The molecule has 2 aromatic rings. The molecule has 128 valence electrons. The molecule has 0 aliphatic rings. The van der Waals surface area contributed by atoms with Crippen LogP contribution in [0, 0.1) is 0 Å². The first kappa shape index (κ1) is 18.3. The number of benzene rings is 2. The lowest BCUT2D eigenvalue weighted by atomic mass is 10.2. The number of methoxy groups -OCH3 is 1. The van der Waals surface area contributed by atoms with Crippen molar-refractivity contribution < 1.29 is 17.9 Å². The first-order valence-corrected chi connectivity index (χ1v) is 8.91. The number of halogens is 1. The van der Waals surface area contributed by atoms with Gasteiger partial charge in [-0.3, -0.25) is 4.79 Å². The molecule has 1 unspecified atom stereocenters. The molecule has 2 rings (SSSR count). The SMILES string of the molecule is COc1ccc(Cl)cc1NC(=O)C(C)NS(=O)(=O)c1ccccc1. The van der Waals surface area contributed by atoms with E-state index in [0.717, 1.165) is 0 Å². The zero-order valence-corrected chi connectivity index (χ0v) is 14.7. The molecule has 0 aromatic heterocycles. The van der Waals surface area contributed by atoms with Crippen LogP contribution < -0.4 is 14.8 Å². The topological polar surface area (TPSA) is 84.5 Å². The summed E-state index contributed by atoms with van der Waals surface area (Å²) in [6.45, 7) is 1.45. The summed E-state index contributed by atoms with van der Waals surface area (Å²) in [4.78, 5) is 12.4. The summed E-state index contributed by atoms with van der Waals surface area (Å²) < 4.78 is 31.9. The zero-order chi connectivity index (χ0) is 17.7. The molecule has 0 spiro atoms. The molecule has 6 nitrogen and oxygen atoms in total. The van der Waals surface area contributed by atoms with Gasteiger partial charge in [-0.1, -0.05) is 29.8 Å². The van der Waals surface area contributed by atoms with E-state index in [-0.39, 0.29) is 4.90 Å². The highest BCUT2D eigenvalue weighted by Gasteiger charge is 2.22. The summed E-state index contributed by atoms with van der Waals surface area (Å²) in [5.74, 6) is -0.110. The second kappa shape index (κ2) is 7.65. The number of hydrogen-bond donors (Lipinski definition) is 2. The Bertz CT molecular complexity index is 825. The van der Waals surface area contributed by atoms with E-state index in [9.17, 15) is 13.2 Å². The maximum Gasteiger partial charge on any atom is 0.242 e. The molecule has 0 saturated carbocycles. The van der Waals surface area contributed by atoms with Gasteiger partial charge in [-0.05, 0) is 37.3 Å². The molecule has 0 saturated heterocycles. The molecule has 24 heavy (non-hydrogen) atoms. The summed E-state index contributed by atoms with van der Waals surface area (Å²) in [6, 6.07) is 11.6. The number of carbonyl (C=O) groups is 1. The fourth-order valence-electron chi connectivity index (χ4n) is 1.97. The van der Waals surface area contributed by atoms with Crippen molar-refractivity contribution in [3.05, 3.63) is 53.6 Å². The van der Waals surface area contributed by atoms with Crippen molar-refractivity contribution in [1.82, 2.24) is 4.72 Å². The highest BCUT2D eigenvalue weighted by Crippen LogP contribution is 2.27. The summed E-state index contributed by atoms with van der Waals surface area (Å²) in [5, 5.41) is 3.02. The highest BCUT2D eigenvalue weighted by atomic mass is 35.5. The van der Waals surface area contributed by atoms with Crippen molar-refractivity contribution in [2.24, 2.45) is 0 Å². The van der Waals surface area contributed by atoms with Crippen molar-refractivity contribution in [1.29, 1.82) is 0 Å². The molecule has 0 heterocycles. The van der Waals surface area contributed by atoms with Gasteiger partial charge in [-0.2, -0.15) is 4.72 Å². The Morgan fingerprint density at radius 3 is 2.46 bits per heavy atom. The van der Waals surface area contributed by atoms with Gasteiger partial charge >= 0.3 is 0 Å². The van der Waals surface area contributed by atoms with Crippen LogP contribution in [0.4, 0.5) is 5.69 Å². The Labute approximate surface area is 145 Å².